The molecule has 156 valence electrons. The molecule has 4 rings (SSSR count). The Morgan fingerprint density at radius 1 is 1.00 bits per heavy atom. The van der Waals surface area contributed by atoms with Gasteiger partial charge in [-0.2, -0.15) is 13.2 Å². The Morgan fingerprint density at radius 2 is 1.71 bits per heavy atom. The number of benzene rings is 2. The van der Waals surface area contributed by atoms with Crippen LogP contribution in [0.1, 0.15) is 17.1 Å². The second-order valence-corrected chi connectivity index (χ2v) is 6.41. The van der Waals surface area contributed by atoms with Crippen molar-refractivity contribution in [1.82, 2.24) is 9.55 Å². The SMILES string of the molecule is O=c1c2ccccc2nc(C=Cc2ccc([N+](=O)[O-])o2)n1-c1ccccc1C(F)(F)F. The highest BCUT2D eigenvalue weighted by molar-refractivity contribution is 5.80. The quantitative estimate of drug-likeness (QED) is 0.335. The van der Waals surface area contributed by atoms with Gasteiger partial charge in [-0.3, -0.25) is 19.5 Å². The lowest BCUT2D eigenvalue weighted by Gasteiger charge is -2.16. The van der Waals surface area contributed by atoms with Crippen molar-refractivity contribution in [2.24, 2.45) is 0 Å². The minimum absolute atomic E-state index is 0.0739. The molecule has 4 aromatic rings. The summed E-state index contributed by atoms with van der Waals surface area (Å²) in [5.41, 5.74) is -1.79. The molecular formula is C21H12F3N3O4. The van der Waals surface area contributed by atoms with Gasteiger partial charge in [0, 0.05) is 0 Å². The van der Waals surface area contributed by atoms with Gasteiger partial charge in [-0.15, -0.1) is 0 Å². The van der Waals surface area contributed by atoms with Gasteiger partial charge in [-0.1, -0.05) is 24.3 Å². The van der Waals surface area contributed by atoms with E-state index in [1.807, 2.05) is 0 Å². The average molecular weight is 427 g/mol. The van der Waals surface area contributed by atoms with Crippen molar-refractivity contribution in [1.29, 1.82) is 0 Å². The van der Waals surface area contributed by atoms with Gasteiger partial charge < -0.3 is 4.42 Å². The highest BCUT2D eigenvalue weighted by Gasteiger charge is 2.34. The maximum Gasteiger partial charge on any atom is 0.433 e. The zero-order valence-corrected chi connectivity index (χ0v) is 15.5. The normalized spacial score (nSPS) is 12.0. The Balaban J connectivity index is 1.96. The molecule has 0 spiro atoms. The molecule has 0 aliphatic carbocycles. The number of nitro groups is 1. The van der Waals surface area contributed by atoms with Crippen LogP contribution >= 0.6 is 0 Å². The van der Waals surface area contributed by atoms with E-state index in [-0.39, 0.29) is 22.7 Å². The van der Waals surface area contributed by atoms with Crippen molar-refractivity contribution >= 4 is 28.9 Å². The minimum Gasteiger partial charge on any atom is -0.401 e. The molecule has 0 saturated heterocycles. The van der Waals surface area contributed by atoms with Crippen LogP contribution in [0, 0.1) is 10.1 Å². The summed E-state index contributed by atoms with van der Waals surface area (Å²) in [5.74, 6) is -0.518. The van der Waals surface area contributed by atoms with Crippen LogP contribution < -0.4 is 5.56 Å². The van der Waals surface area contributed by atoms with E-state index in [1.165, 1.54) is 42.5 Å². The Bertz CT molecular complexity index is 1390. The van der Waals surface area contributed by atoms with Gasteiger partial charge >= 0.3 is 12.1 Å². The lowest BCUT2D eigenvalue weighted by Crippen LogP contribution is -2.25. The maximum absolute atomic E-state index is 13.6. The first kappa shape index (κ1) is 20.1. The number of para-hydroxylation sites is 2. The van der Waals surface area contributed by atoms with Gasteiger partial charge in [-0.05, 0) is 42.5 Å². The Morgan fingerprint density at radius 3 is 2.42 bits per heavy atom. The summed E-state index contributed by atoms with van der Waals surface area (Å²) in [6.45, 7) is 0. The summed E-state index contributed by atoms with van der Waals surface area (Å²) in [6.07, 6.45) is -2.15. The number of halogens is 3. The number of hydrogen-bond acceptors (Lipinski definition) is 5. The fourth-order valence-corrected chi connectivity index (χ4v) is 3.09. The second-order valence-electron chi connectivity index (χ2n) is 6.41. The molecule has 0 bridgehead atoms. The lowest BCUT2D eigenvalue weighted by atomic mass is 10.1. The van der Waals surface area contributed by atoms with Crippen LogP contribution in [0.4, 0.5) is 19.1 Å². The number of rotatable bonds is 4. The van der Waals surface area contributed by atoms with Crippen LogP contribution in [-0.4, -0.2) is 14.5 Å². The van der Waals surface area contributed by atoms with E-state index in [9.17, 15) is 28.1 Å². The molecule has 0 aliphatic rings. The molecule has 2 aromatic carbocycles. The van der Waals surface area contributed by atoms with E-state index in [4.69, 9.17) is 4.42 Å². The van der Waals surface area contributed by atoms with Crippen LogP contribution in [0.2, 0.25) is 0 Å². The summed E-state index contributed by atoms with van der Waals surface area (Å²) < 4.78 is 46.7. The molecule has 31 heavy (non-hydrogen) atoms. The van der Waals surface area contributed by atoms with E-state index in [1.54, 1.807) is 18.2 Å². The fraction of sp³-hybridized carbons (Fsp3) is 0.0476. The monoisotopic (exact) mass is 427 g/mol. The molecule has 0 atom stereocenters. The third-order valence-corrected chi connectivity index (χ3v) is 4.44. The first-order valence-corrected chi connectivity index (χ1v) is 8.86. The van der Waals surface area contributed by atoms with Crippen LogP contribution in [-0.2, 0) is 6.18 Å². The molecule has 0 saturated carbocycles. The van der Waals surface area contributed by atoms with Gasteiger partial charge in [-0.25, -0.2) is 4.98 Å². The standard InChI is InChI=1S/C21H12F3N3O4/c22-21(23,24)15-6-2-4-8-17(15)26-18(11-9-13-10-12-19(31-13)27(29)30)25-16-7-3-1-5-14(16)20(26)28/h1-12H. The number of alkyl halides is 3. The number of fused-ring (bicyclic) bond motifs is 1. The highest BCUT2D eigenvalue weighted by Crippen LogP contribution is 2.34. The number of nitrogens with zero attached hydrogens (tertiary/aromatic N) is 3. The van der Waals surface area contributed by atoms with E-state index in [2.05, 4.69) is 4.98 Å². The zero-order valence-electron chi connectivity index (χ0n) is 15.5. The predicted octanol–water partition coefficient (Wildman–Crippen LogP) is 5.08. The maximum atomic E-state index is 13.6. The van der Waals surface area contributed by atoms with Gasteiger partial charge in [0.25, 0.3) is 5.56 Å². The molecule has 0 N–H and O–H groups in total. The number of aromatic nitrogens is 2. The molecule has 2 aromatic heterocycles. The Labute approximate surface area is 171 Å². The smallest absolute Gasteiger partial charge is 0.401 e. The minimum atomic E-state index is -4.70. The van der Waals surface area contributed by atoms with Crippen LogP contribution in [0.15, 0.2) is 69.9 Å². The fourth-order valence-electron chi connectivity index (χ4n) is 3.09. The molecule has 0 amide bonds. The summed E-state index contributed by atoms with van der Waals surface area (Å²) >= 11 is 0. The summed E-state index contributed by atoms with van der Waals surface area (Å²) in [4.78, 5) is 27.5. The number of furan rings is 1. The number of hydrogen-bond donors (Lipinski definition) is 0. The van der Waals surface area contributed by atoms with Crippen molar-refractivity contribution in [3.8, 4) is 5.69 Å². The lowest BCUT2D eigenvalue weighted by molar-refractivity contribution is -0.402. The molecular weight excluding hydrogens is 415 g/mol. The topological polar surface area (TPSA) is 91.2 Å². The van der Waals surface area contributed by atoms with Gasteiger partial charge in [0.2, 0.25) is 0 Å². The van der Waals surface area contributed by atoms with Gasteiger partial charge in [0.1, 0.15) is 16.5 Å². The largest absolute Gasteiger partial charge is 0.433 e. The van der Waals surface area contributed by atoms with Crippen LogP contribution in [0.25, 0.3) is 28.7 Å². The predicted molar refractivity (Wildman–Crippen MR) is 107 cm³/mol. The molecule has 0 aliphatic heterocycles. The van der Waals surface area contributed by atoms with E-state index in [0.29, 0.717) is 5.52 Å². The molecule has 0 radical (unpaired) electrons. The Kier molecular flexibility index (Phi) is 4.90. The van der Waals surface area contributed by atoms with Crippen LogP contribution in [0.3, 0.4) is 0 Å². The van der Waals surface area contributed by atoms with Crippen LogP contribution in [0.5, 0.6) is 0 Å². The van der Waals surface area contributed by atoms with Crippen molar-refractivity contribution < 1.29 is 22.5 Å². The third kappa shape index (κ3) is 3.82. The molecule has 2 heterocycles. The third-order valence-electron chi connectivity index (χ3n) is 4.44. The van der Waals surface area contributed by atoms with E-state index in [0.717, 1.165) is 16.7 Å². The molecule has 0 unspecified atom stereocenters. The summed E-state index contributed by atoms with van der Waals surface area (Å²) in [5, 5.41) is 10.9. The van der Waals surface area contributed by atoms with E-state index >= 15 is 0 Å². The molecule has 0 fully saturated rings. The Hall–Kier alpha value is -4.21. The zero-order chi connectivity index (χ0) is 22.2. The second kappa shape index (κ2) is 7.56. The molecule has 7 nitrogen and oxygen atoms in total. The molecule has 10 heteroatoms. The van der Waals surface area contributed by atoms with Crippen molar-refractivity contribution in [3.05, 3.63) is 98.3 Å². The average Bonchev–Trinajstić information content (AvgIpc) is 3.21. The first-order chi connectivity index (χ1) is 14.8. The highest BCUT2D eigenvalue weighted by atomic mass is 19.4. The summed E-state index contributed by atoms with van der Waals surface area (Å²) in [7, 11) is 0. The first-order valence-electron chi connectivity index (χ1n) is 8.86. The van der Waals surface area contributed by atoms with Gasteiger partial charge in [0.15, 0.2) is 0 Å². The van der Waals surface area contributed by atoms with Crippen molar-refractivity contribution in [3.63, 3.8) is 0 Å². The summed E-state index contributed by atoms with van der Waals surface area (Å²) in [6, 6.07) is 13.4. The van der Waals surface area contributed by atoms with Crippen molar-refractivity contribution in [2.75, 3.05) is 0 Å². The van der Waals surface area contributed by atoms with E-state index < -0.39 is 28.1 Å². The van der Waals surface area contributed by atoms with Crippen molar-refractivity contribution in [2.45, 2.75) is 6.18 Å². The van der Waals surface area contributed by atoms with Gasteiger partial charge in [0.05, 0.1) is 28.2 Å².